The Labute approximate surface area is 159 Å². The number of carboxylic acids is 2. The van der Waals surface area contributed by atoms with Gasteiger partial charge in [-0.05, 0) is 48.5 Å². The van der Waals surface area contributed by atoms with Crippen molar-refractivity contribution >= 4 is 11.9 Å². The lowest BCUT2D eigenvalue weighted by atomic mass is 10.2. The van der Waals surface area contributed by atoms with Crippen LogP contribution in [-0.2, 0) is 0 Å². The number of alkyl halides is 6. The maximum Gasteiger partial charge on any atom is 0.397 e. The van der Waals surface area contributed by atoms with E-state index in [0.29, 0.717) is 0 Å². The number of aromatic hydroxyl groups is 2. The Hall–Kier alpha value is -3.44. The summed E-state index contributed by atoms with van der Waals surface area (Å²) in [5.41, 5.74) is 0.357. The number of phenols is 2. The van der Waals surface area contributed by atoms with Crippen molar-refractivity contribution in [1.29, 1.82) is 0 Å². The average molecular weight is 428 g/mol. The number of rotatable bonds is 2. The van der Waals surface area contributed by atoms with Crippen LogP contribution in [-0.4, -0.2) is 44.7 Å². The molecule has 0 aliphatic heterocycles. The molecular weight excluding hydrogens is 414 g/mol. The number of hydrogen-bond donors (Lipinski definition) is 4. The monoisotopic (exact) mass is 428 g/mol. The van der Waals surface area contributed by atoms with Gasteiger partial charge in [-0.1, -0.05) is 0 Å². The molecule has 0 radical (unpaired) electrons. The van der Waals surface area contributed by atoms with E-state index in [4.69, 9.17) is 20.4 Å². The van der Waals surface area contributed by atoms with Crippen molar-refractivity contribution in [1.82, 2.24) is 0 Å². The predicted molar refractivity (Wildman–Crippen MR) is 86.9 cm³/mol. The van der Waals surface area contributed by atoms with Crippen LogP contribution >= 0.6 is 0 Å². The van der Waals surface area contributed by atoms with Crippen molar-refractivity contribution in [3.05, 3.63) is 59.7 Å². The number of aromatic carboxylic acids is 2. The molecule has 160 valence electrons. The topological polar surface area (TPSA) is 115 Å². The van der Waals surface area contributed by atoms with Gasteiger partial charge in [0.05, 0.1) is 11.1 Å². The van der Waals surface area contributed by atoms with Gasteiger partial charge in [0.15, 0.2) is 0 Å². The van der Waals surface area contributed by atoms with E-state index in [1.165, 1.54) is 48.5 Å². The van der Waals surface area contributed by atoms with Crippen LogP contribution in [0.2, 0.25) is 0 Å². The maximum absolute atomic E-state index is 10.8. The molecule has 0 saturated heterocycles. The van der Waals surface area contributed by atoms with E-state index in [9.17, 15) is 35.9 Å². The van der Waals surface area contributed by atoms with E-state index in [1.54, 1.807) is 0 Å². The molecule has 2 rings (SSSR count). The molecule has 0 atom stereocenters. The second-order valence-electron chi connectivity index (χ2n) is 5.11. The van der Waals surface area contributed by atoms with Gasteiger partial charge in [-0.25, -0.2) is 9.59 Å². The number of phenolic OH excluding ortho intramolecular Hbond substituents is 2. The standard InChI is InChI=1S/2C7H6O3.C3H2F6/c2*8-6-3-1-5(2-4-6)7(9)10;4-2(5,6)1-3(7,8)9/h2*1-4,8H,(H,9,10);1H2. The lowest BCUT2D eigenvalue weighted by Crippen LogP contribution is -2.20. The van der Waals surface area contributed by atoms with Crippen molar-refractivity contribution in [2.24, 2.45) is 0 Å². The van der Waals surface area contributed by atoms with E-state index in [1.807, 2.05) is 0 Å². The lowest BCUT2D eigenvalue weighted by Gasteiger charge is -2.08. The van der Waals surface area contributed by atoms with Crippen molar-refractivity contribution in [2.45, 2.75) is 18.8 Å². The lowest BCUT2D eigenvalue weighted by molar-refractivity contribution is -0.232. The number of halogens is 6. The van der Waals surface area contributed by atoms with Gasteiger partial charge in [-0.3, -0.25) is 0 Å². The van der Waals surface area contributed by atoms with Crippen LogP contribution in [0.1, 0.15) is 27.1 Å². The maximum atomic E-state index is 10.8. The first-order chi connectivity index (χ1) is 13.1. The number of carbonyl (C=O) groups is 2. The van der Waals surface area contributed by atoms with Gasteiger partial charge in [-0.2, -0.15) is 26.3 Å². The molecule has 0 aliphatic carbocycles. The molecule has 0 spiro atoms. The summed E-state index contributed by atoms with van der Waals surface area (Å²) in [7, 11) is 0. The molecule has 2 aromatic rings. The Kier molecular flexibility index (Phi) is 9.50. The van der Waals surface area contributed by atoms with E-state index < -0.39 is 30.7 Å². The fourth-order valence-electron chi connectivity index (χ4n) is 1.44. The Balaban J connectivity index is 0.000000407. The summed E-state index contributed by atoms with van der Waals surface area (Å²) in [6.07, 6.45) is -13.0. The summed E-state index contributed by atoms with van der Waals surface area (Å²) < 4.78 is 65.0. The number of benzene rings is 2. The van der Waals surface area contributed by atoms with E-state index in [-0.39, 0.29) is 22.6 Å². The molecule has 29 heavy (non-hydrogen) atoms. The molecule has 0 heterocycles. The molecule has 0 amide bonds. The molecule has 6 nitrogen and oxygen atoms in total. The molecule has 0 aromatic heterocycles. The summed E-state index contributed by atoms with van der Waals surface area (Å²) in [6, 6.07) is 10.7. The van der Waals surface area contributed by atoms with Crippen LogP contribution in [0, 0.1) is 0 Å². The van der Waals surface area contributed by atoms with Crippen LogP contribution in [0.5, 0.6) is 11.5 Å². The summed E-state index contributed by atoms with van der Waals surface area (Å²) in [4.78, 5) is 20.5. The second-order valence-corrected chi connectivity index (χ2v) is 5.11. The van der Waals surface area contributed by atoms with Crippen LogP contribution in [0.3, 0.4) is 0 Å². The molecule has 2 aromatic carbocycles. The minimum Gasteiger partial charge on any atom is -0.508 e. The molecule has 4 N–H and O–H groups in total. The zero-order valence-corrected chi connectivity index (χ0v) is 14.2. The van der Waals surface area contributed by atoms with Gasteiger partial charge >= 0.3 is 24.3 Å². The fourth-order valence-corrected chi connectivity index (χ4v) is 1.44. The number of hydrogen-bond acceptors (Lipinski definition) is 4. The minimum atomic E-state index is -5.14. The molecule has 0 unspecified atom stereocenters. The van der Waals surface area contributed by atoms with Gasteiger partial charge in [0.1, 0.15) is 17.9 Å². The summed E-state index contributed by atoms with van der Waals surface area (Å²) in [5.74, 6) is -1.82. The first-order valence-corrected chi connectivity index (χ1v) is 7.29. The zero-order valence-electron chi connectivity index (χ0n) is 14.2. The summed E-state index contributed by atoms with van der Waals surface area (Å²) in [6.45, 7) is 0. The van der Waals surface area contributed by atoms with Gasteiger partial charge < -0.3 is 20.4 Å². The first-order valence-electron chi connectivity index (χ1n) is 7.29. The molecule has 0 saturated carbocycles. The fraction of sp³-hybridized carbons (Fsp3) is 0.176. The van der Waals surface area contributed by atoms with Crippen LogP contribution in [0.15, 0.2) is 48.5 Å². The number of carboxylic acid groups (broad SMARTS) is 2. The highest BCUT2D eigenvalue weighted by Crippen LogP contribution is 2.31. The Bertz CT molecular complexity index is 715. The first kappa shape index (κ1) is 25.6. The minimum absolute atomic E-state index is 0.0741. The molecule has 0 bridgehead atoms. The summed E-state index contributed by atoms with van der Waals surface area (Å²) >= 11 is 0. The van der Waals surface area contributed by atoms with Gasteiger partial charge in [0, 0.05) is 0 Å². The smallest absolute Gasteiger partial charge is 0.397 e. The normalized spacial score (nSPS) is 10.7. The Morgan fingerprint density at radius 1 is 0.621 bits per heavy atom. The van der Waals surface area contributed by atoms with Crippen molar-refractivity contribution in [3.8, 4) is 11.5 Å². The van der Waals surface area contributed by atoms with Crippen LogP contribution in [0.25, 0.3) is 0 Å². The van der Waals surface area contributed by atoms with Crippen LogP contribution in [0.4, 0.5) is 26.3 Å². The largest absolute Gasteiger partial charge is 0.508 e. The Morgan fingerprint density at radius 2 is 0.862 bits per heavy atom. The zero-order chi connectivity index (χ0) is 22.8. The molecule has 0 aliphatic rings. The van der Waals surface area contributed by atoms with Crippen molar-refractivity contribution in [3.63, 3.8) is 0 Å². The van der Waals surface area contributed by atoms with Gasteiger partial charge in [0.2, 0.25) is 0 Å². The third-order valence-electron chi connectivity index (χ3n) is 2.63. The highest BCUT2D eigenvalue weighted by molar-refractivity contribution is 5.88. The third kappa shape index (κ3) is 13.4. The van der Waals surface area contributed by atoms with E-state index >= 15 is 0 Å². The third-order valence-corrected chi connectivity index (χ3v) is 2.63. The SMILES string of the molecule is FC(F)(F)CC(F)(F)F.O=C(O)c1ccc(O)cc1.O=C(O)c1ccc(O)cc1. The predicted octanol–water partition coefficient (Wildman–Crippen LogP) is 4.68. The summed E-state index contributed by atoms with van der Waals surface area (Å²) in [5, 5.41) is 34.3. The van der Waals surface area contributed by atoms with E-state index in [0.717, 1.165) is 0 Å². The highest BCUT2D eigenvalue weighted by atomic mass is 19.4. The van der Waals surface area contributed by atoms with E-state index in [2.05, 4.69) is 0 Å². The van der Waals surface area contributed by atoms with Crippen molar-refractivity contribution in [2.75, 3.05) is 0 Å². The van der Waals surface area contributed by atoms with Crippen LogP contribution < -0.4 is 0 Å². The Morgan fingerprint density at radius 3 is 1.00 bits per heavy atom. The molecule has 12 heteroatoms. The van der Waals surface area contributed by atoms with Crippen molar-refractivity contribution < 1.29 is 56.4 Å². The molecular formula is C17H14F6O6. The van der Waals surface area contributed by atoms with Gasteiger partial charge in [0.25, 0.3) is 0 Å². The quantitative estimate of drug-likeness (QED) is 0.517. The average Bonchev–Trinajstić information content (AvgIpc) is 2.53. The molecule has 0 fully saturated rings. The highest BCUT2D eigenvalue weighted by Gasteiger charge is 2.43. The van der Waals surface area contributed by atoms with Gasteiger partial charge in [-0.15, -0.1) is 0 Å². The second kappa shape index (κ2) is 10.8.